The maximum atomic E-state index is 9.87. The molecule has 1 aromatic rings. The fourth-order valence-electron chi connectivity index (χ4n) is 2.19. The Balaban J connectivity index is 2.12. The Morgan fingerprint density at radius 2 is 1.69 bits per heavy atom. The van der Waals surface area contributed by atoms with Gasteiger partial charge in [0.2, 0.25) is 0 Å². The molecule has 0 aromatic heterocycles. The third kappa shape index (κ3) is 2.63. The quantitative estimate of drug-likeness (QED) is 0.830. The second-order valence-electron chi connectivity index (χ2n) is 5.07. The molecule has 0 aliphatic carbocycles. The van der Waals surface area contributed by atoms with Crippen LogP contribution in [-0.2, 0) is 10.3 Å². The minimum atomic E-state index is -0.742. The van der Waals surface area contributed by atoms with Crippen LogP contribution in [0.25, 0.3) is 0 Å². The second kappa shape index (κ2) is 4.56. The molecule has 16 heavy (non-hydrogen) atoms. The lowest BCUT2D eigenvalue weighted by atomic mass is 9.89. The first-order valence-corrected chi connectivity index (χ1v) is 5.98. The smallest absolute Gasteiger partial charge is 0.0840 e. The standard InChI is InChI=1S/C14H20O2/c1-14(2,15)13-5-3-11(4-6-13)12-7-9-16-10-8-12/h3-6,12,15H,7-10H2,1-2H3. The summed E-state index contributed by atoms with van der Waals surface area (Å²) in [4.78, 5) is 0. The molecule has 1 aliphatic heterocycles. The first-order valence-electron chi connectivity index (χ1n) is 5.98. The molecule has 0 amide bonds. The van der Waals surface area contributed by atoms with Crippen molar-refractivity contribution in [3.05, 3.63) is 35.4 Å². The first kappa shape index (κ1) is 11.6. The molecular formula is C14H20O2. The number of ether oxygens (including phenoxy) is 1. The fourth-order valence-corrected chi connectivity index (χ4v) is 2.19. The summed E-state index contributed by atoms with van der Waals surface area (Å²) < 4.78 is 5.36. The van der Waals surface area contributed by atoms with E-state index in [-0.39, 0.29) is 0 Å². The minimum Gasteiger partial charge on any atom is -0.386 e. The fraction of sp³-hybridized carbons (Fsp3) is 0.571. The van der Waals surface area contributed by atoms with Crippen LogP contribution in [0.2, 0.25) is 0 Å². The van der Waals surface area contributed by atoms with E-state index in [9.17, 15) is 5.11 Å². The summed E-state index contributed by atoms with van der Waals surface area (Å²) in [7, 11) is 0. The van der Waals surface area contributed by atoms with Gasteiger partial charge in [-0.05, 0) is 43.7 Å². The Labute approximate surface area is 97.3 Å². The van der Waals surface area contributed by atoms with Crippen molar-refractivity contribution in [3.63, 3.8) is 0 Å². The van der Waals surface area contributed by atoms with Gasteiger partial charge in [-0.2, -0.15) is 0 Å². The Kier molecular flexibility index (Phi) is 3.31. The van der Waals surface area contributed by atoms with Crippen molar-refractivity contribution in [2.45, 2.75) is 38.2 Å². The molecule has 1 saturated heterocycles. The summed E-state index contributed by atoms with van der Waals surface area (Å²) in [5, 5.41) is 9.87. The van der Waals surface area contributed by atoms with Gasteiger partial charge in [0.1, 0.15) is 0 Å². The van der Waals surface area contributed by atoms with E-state index >= 15 is 0 Å². The number of benzene rings is 1. The van der Waals surface area contributed by atoms with Gasteiger partial charge in [0, 0.05) is 13.2 Å². The van der Waals surface area contributed by atoms with Crippen LogP contribution in [0.3, 0.4) is 0 Å². The molecule has 88 valence electrons. The van der Waals surface area contributed by atoms with Crippen molar-refractivity contribution in [2.24, 2.45) is 0 Å². The van der Waals surface area contributed by atoms with Gasteiger partial charge in [-0.25, -0.2) is 0 Å². The molecule has 1 heterocycles. The van der Waals surface area contributed by atoms with Crippen molar-refractivity contribution in [3.8, 4) is 0 Å². The van der Waals surface area contributed by atoms with Gasteiger partial charge in [0.05, 0.1) is 5.60 Å². The highest BCUT2D eigenvalue weighted by Gasteiger charge is 2.18. The van der Waals surface area contributed by atoms with E-state index in [1.165, 1.54) is 5.56 Å². The predicted molar refractivity (Wildman–Crippen MR) is 64.5 cm³/mol. The summed E-state index contributed by atoms with van der Waals surface area (Å²) in [5.74, 6) is 0.629. The molecule has 1 N–H and O–H groups in total. The first-order chi connectivity index (χ1) is 7.57. The van der Waals surface area contributed by atoms with E-state index in [1.807, 2.05) is 26.0 Å². The van der Waals surface area contributed by atoms with Crippen LogP contribution >= 0.6 is 0 Å². The number of hydrogen-bond donors (Lipinski definition) is 1. The molecular weight excluding hydrogens is 200 g/mol. The summed E-state index contributed by atoms with van der Waals surface area (Å²) >= 11 is 0. The summed E-state index contributed by atoms with van der Waals surface area (Å²) in [6.45, 7) is 5.38. The highest BCUT2D eigenvalue weighted by Crippen LogP contribution is 2.28. The van der Waals surface area contributed by atoms with Crippen molar-refractivity contribution in [1.29, 1.82) is 0 Å². The molecule has 1 aromatic carbocycles. The van der Waals surface area contributed by atoms with Gasteiger partial charge in [0.15, 0.2) is 0 Å². The topological polar surface area (TPSA) is 29.5 Å². The van der Waals surface area contributed by atoms with Crippen LogP contribution in [0.1, 0.15) is 43.7 Å². The predicted octanol–water partition coefficient (Wildman–Crippen LogP) is 2.81. The van der Waals surface area contributed by atoms with Gasteiger partial charge >= 0.3 is 0 Å². The molecule has 0 saturated carbocycles. The molecule has 0 unspecified atom stereocenters. The van der Waals surface area contributed by atoms with Crippen LogP contribution in [0.15, 0.2) is 24.3 Å². The molecule has 2 nitrogen and oxygen atoms in total. The van der Waals surface area contributed by atoms with Gasteiger partial charge < -0.3 is 9.84 Å². The largest absolute Gasteiger partial charge is 0.386 e. The molecule has 1 fully saturated rings. The lowest BCUT2D eigenvalue weighted by Gasteiger charge is -2.24. The Morgan fingerprint density at radius 3 is 2.19 bits per heavy atom. The van der Waals surface area contributed by atoms with Crippen molar-refractivity contribution < 1.29 is 9.84 Å². The number of rotatable bonds is 2. The van der Waals surface area contributed by atoms with Gasteiger partial charge in [-0.15, -0.1) is 0 Å². The van der Waals surface area contributed by atoms with E-state index in [2.05, 4.69) is 12.1 Å². The average molecular weight is 220 g/mol. The zero-order valence-corrected chi connectivity index (χ0v) is 10.1. The van der Waals surface area contributed by atoms with Crippen molar-refractivity contribution >= 4 is 0 Å². The maximum Gasteiger partial charge on any atom is 0.0840 e. The van der Waals surface area contributed by atoms with Crippen LogP contribution in [0.5, 0.6) is 0 Å². The Hall–Kier alpha value is -0.860. The van der Waals surface area contributed by atoms with Crippen molar-refractivity contribution in [2.75, 3.05) is 13.2 Å². The highest BCUT2D eigenvalue weighted by molar-refractivity contribution is 5.28. The maximum absolute atomic E-state index is 9.87. The summed E-state index contributed by atoms with van der Waals surface area (Å²) in [6.07, 6.45) is 2.23. The van der Waals surface area contributed by atoms with Gasteiger partial charge in [-0.3, -0.25) is 0 Å². The summed E-state index contributed by atoms with van der Waals surface area (Å²) in [6, 6.07) is 8.35. The molecule has 2 rings (SSSR count). The Morgan fingerprint density at radius 1 is 1.12 bits per heavy atom. The van der Waals surface area contributed by atoms with Gasteiger partial charge in [-0.1, -0.05) is 24.3 Å². The average Bonchev–Trinajstić information content (AvgIpc) is 2.29. The zero-order chi connectivity index (χ0) is 11.6. The SMILES string of the molecule is CC(C)(O)c1ccc(C2CCOCC2)cc1. The monoisotopic (exact) mass is 220 g/mol. The molecule has 1 aliphatic rings. The Bertz CT molecular complexity index is 329. The minimum absolute atomic E-state index is 0.629. The van der Waals surface area contributed by atoms with E-state index < -0.39 is 5.60 Å². The number of aliphatic hydroxyl groups is 1. The lowest BCUT2D eigenvalue weighted by molar-refractivity contribution is 0.0781. The number of hydrogen-bond acceptors (Lipinski definition) is 2. The van der Waals surface area contributed by atoms with E-state index in [1.54, 1.807) is 0 Å². The zero-order valence-electron chi connectivity index (χ0n) is 10.1. The molecule has 0 spiro atoms. The second-order valence-corrected chi connectivity index (χ2v) is 5.07. The van der Waals surface area contributed by atoms with Crippen LogP contribution in [-0.4, -0.2) is 18.3 Å². The van der Waals surface area contributed by atoms with Crippen molar-refractivity contribution in [1.82, 2.24) is 0 Å². The molecule has 0 atom stereocenters. The molecule has 2 heteroatoms. The molecule has 0 radical (unpaired) electrons. The van der Waals surface area contributed by atoms with E-state index in [4.69, 9.17) is 4.74 Å². The lowest BCUT2D eigenvalue weighted by Crippen LogP contribution is -2.16. The molecule has 0 bridgehead atoms. The highest BCUT2D eigenvalue weighted by atomic mass is 16.5. The van der Waals surface area contributed by atoms with E-state index in [0.717, 1.165) is 31.6 Å². The third-order valence-electron chi connectivity index (χ3n) is 3.31. The normalized spacial score (nSPS) is 18.7. The van der Waals surface area contributed by atoms with E-state index in [0.29, 0.717) is 5.92 Å². The van der Waals surface area contributed by atoms with Crippen LogP contribution < -0.4 is 0 Å². The summed E-state index contributed by atoms with van der Waals surface area (Å²) in [5.41, 5.74) is 1.61. The van der Waals surface area contributed by atoms with Gasteiger partial charge in [0.25, 0.3) is 0 Å². The third-order valence-corrected chi connectivity index (χ3v) is 3.31. The van der Waals surface area contributed by atoms with Crippen LogP contribution in [0, 0.1) is 0 Å². The van der Waals surface area contributed by atoms with Crippen LogP contribution in [0.4, 0.5) is 0 Å².